The van der Waals surface area contributed by atoms with Gasteiger partial charge < -0.3 is 10.3 Å². The number of aromatic nitrogens is 4. The van der Waals surface area contributed by atoms with Gasteiger partial charge in [-0.05, 0) is 37.3 Å². The summed E-state index contributed by atoms with van der Waals surface area (Å²) in [6.07, 6.45) is 5.11. The van der Waals surface area contributed by atoms with Crippen LogP contribution in [0.25, 0.3) is 22.2 Å². The summed E-state index contributed by atoms with van der Waals surface area (Å²) in [5.74, 6) is 0.447. The van der Waals surface area contributed by atoms with Gasteiger partial charge in [-0.2, -0.15) is 0 Å². The predicted molar refractivity (Wildman–Crippen MR) is 107 cm³/mol. The number of anilines is 1. The number of fused-ring (bicyclic) bond motifs is 1. The first-order valence-electron chi connectivity index (χ1n) is 8.43. The Morgan fingerprint density at radius 1 is 1.11 bits per heavy atom. The topological polar surface area (TPSA) is 83.6 Å². The van der Waals surface area contributed by atoms with E-state index in [0.717, 1.165) is 16.6 Å². The number of nitrogens with zero attached hydrogens (tertiary/aromatic N) is 3. The van der Waals surface area contributed by atoms with Crippen molar-refractivity contribution < 1.29 is 0 Å². The summed E-state index contributed by atoms with van der Waals surface area (Å²) in [7, 11) is 0. The van der Waals surface area contributed by atoms with E-state index >= 15 is 0 Å². The molecular weight excluding hydrogens is 362 g/mol. The van der Waals surface area contributed by atoms with E-state index in [9.17, 15) is 4.79 Å². The van der Waals surface area contributed by atoms with E-state index in [1.54, 1.807) is 24.7 Å². The van der Waals surface area contributed by atoms with Crippen molar-refractivity contribution in [2.24, 2.45) is 0 Å². The Labute approximate surface area is 160 Å². The molecule has 0 fully saturated rings. The second-order valence-electron chi connectivity index (χ2n) is 6.13. The molecule has 4 aromatic rings. The number of benzene rings is 1. The zero-order valence-corrected chi connectivity index (χ0v) is 15.2. The fourth-order valence-electron chi connectivity index (χ4n) is 2.92. The molecule has 6 nitrogen and oxygen atoms in total. The van der Waals surface area contributed by atoms with E-state index in [2.05, 4.69) is 25.3 Å². The van der Waals surface area contributed by atoms with Gasteiger partial charge in [0.1, 0.15) is 0 Å². The van der Waals surface area contributed by atoms with E-state index in [0.29, 0.717) is 22.1 Å². The summed E-state index contributed by atoms with van der Waals surface area (Å²) in [5.41, 5.74) is 2.75. The average molecular weight is 378 g/mol. The maximum atomic E-state index is 12.5. The van der Waals surface area contributed by atoms with Gasteiger partial charge in [-0.1, -0.05) is 23.7 Å². The molecule has 0 aliphatic rings. The fourth-order valence-corrected chi connectivity index (χ4v) is 3.15. The third-order valence-corrected chi connectivity index (χ3v) is 4.62. The average Bonchev–Trinajstić information content (AvgIpc) is 2.69. The van der Waals surface area contributed by atoms with E-state index in [1.165, 1.54) is 0 Å². The molecule has 0 aliphatic carbocycles. The molecule has 0 aliphatic heterocycles. The lowest BCUT2D eigenvalue weighted by Crippen LogP contribution is -2.20. The highest BCUT2D eigenvalue weighted by Crippen LogP contribution is 2.23. The minimum Gasteiger partial charge on any atom is -0.347 e. The number of H-pyrrole nitrogens is 1. The second kappa shape index (κ2) is 7.17. The van der Waals surface area contributed by atoms with Crippen molar-refractivity contribution in [2.75, 3.05) is 5.32 Å². The molecule has 3 aromatic heterocycles. The molecule has 7 heteroatoms. The first kappa shape index (κ1) is 17.2. The Morgan fingerprint density at radius 3 is 2.74 bits per heavy atom. The first-order valence-corrected chi connectivity index (χ1v) is 8.81. The van der Waals surface area contributed by atoms with Crippen LogP contribution < -0.4 is 10.9 Å². The van der Waals surface area contributed by atoms with Gasteiger partial charge >= 0.3 is 0 Å². The highest BCUT2D eigenvalue weighted by atomic mass is 35.5. The number of para-hydroxylation sites is 1. The number of rotatable bonds is 4. The molecule has 0 unspecified atom stereocenters. The number of hydrogen-bond donors (Lipinski definition) is 2. The van der Waals surface area contributed by atoms with Crippen LogP contribution in [0.2, 0.25) is 5.02 Å². The molecule has 0 amide bonds. The van der Waals surface area contributed by atoms with E-state index in [1.807, 2.05) is 43.3 Å². The third-order valence-electron chi connectivity index (χ3n) is 4.30. The van der Waals surface area contributed by atoms with Gasteiger partial charge in [0.25, 0.3) is 5.56 Å². The third kappa shape index (κ3) is 3.52. The van der Waals surface area contributed by atoms with Crippen molar-refractivity contribution in [3.8, 4) is 11.3 Å². The molecular formula is C20H16ClN5O. The second-order valence-corrected chi connectivity index (χ2v) is 6.53. The van der Waals surface area contributed by atoms with Crippen molar-refractivity contribution >= 4 is 28.5 Å². The van der Waals surface area contributed by atoms with Gasteiger partial charge in [0.2, 0.25) is 5.95 Å². The molecule has 0 spiro atoms. The van der Waals surface area contributed by atoms with Crippen LogP contribution in [-0.4, -0.2) is 19.9 Å². The Bertz CT molecular complexity index is 1160. The Hall–Kier alpha value is -3.25. The van der Waals surface area contributed by atoms with Crippen molar-refractivity contribution in [3.63, 3.8) is 0 Å². The van der Waals surface area contributed by atoms with Crippen LogP contribution in [-0.2, 0) is 0 Å². The van der Waals surface area contributed by atoms with E-state index in [-0.39, 0.29) is 11.6 Å². The molecule has 0 bridgehead atoms. The number of nitrogens with one attached hydrogen (secondary N) is 2. The molecule has 4 rings (SSSR count). The van der Waals surface area contributed by atoms with Crippen LogP contribution in [0.5, 0.6) is 0 Å². The Kier molecular flexibility index (Phi) is 4.56. The first-order chi connectivity index (χ1) is 13.1. The van der Waals surface area contributed by atoms with Crippen LogP contribution >= 0.6 is 11.6 Å². The maximum Gasteiger partial charge on any atom is 0.253 e. The molecule has 1 atom stereocenters. The largest absolute Gasteiger partial charge is 0.347 e. The van der Waals surface area contributed by atoms with E-state index < -0.39 is 0 Å². The van der Waals surface area contributed by atoms with Crippen LogP contribution in [0, 0.1) is 0 Å². The highest BCUT2D eigenvalue weighted by molar-refractivity contribution is 6.35. The number of hydrogen-bond acceptors (Lipinski definition) is 5. The summed E-state index contributed by atoms with van der Waals surface area (Å²) in [6.45, 7) is 1.89. The molecule has 27 heavy (non-hydrogen) atoms. The van der Waals surface area contributed by atoms with Crippen molar-refractivity contribution in [3.05, 3.63) is 82.0 Å². The van der Waals surface area contributed by atoms with Crippen molar-refractivity contribution in [2.45, 2.75) is 13.0 Å². The monoisotopic (exact) mass is 377 g/mol. The quantitative estimate of drug-likeness (QED) is 0.556. The Morgan fingerprint density at radius 2 is 1.93 bits per heavy atom. The lowest BCUT2D eigenvalue weighted by atomic mass is 10.1. The van der Waals surface area contributed by atoms with Gasteiger partial charge in [0, 0.05) is 35.1 Å². The van der Waals surface area contributed by atoms with Crippen molar-refractivity contribution in [1.82, 2.24) is 19.9 Å². The van der Waals surface area contributed by atoms with Gasteiger partial charge in [-0.3, -0.25) is 9.78 Å². The zero-order valence-electron chi connectivity index (χ0n) is 14.5. The molecule has 0 radical (unpaired) electrons. The highest BCUT2D eigenvalue weighted by Gasteiger charge is 2.14. The number of pyridine rings is 2. The molecule has 0 saturated carbocycles. The van der Waals surface area contributed by atoms with Crippen LogP contribution in [0.15, 0.2) is 65.8 Å². The van der Waals surface area contributed by atoms with Crippen LogP contribution in [0.1, 0.15) is 18.5 Å². The normalized spacial score (nSPS) is 12.1. The standard InChI is InChI=1S/C20H16ClN5O/c1-12(15-11-14-3-2-4-16(21)18(14)26-19(15)27)24-20-23-10-7-17(25-20)13-5-8-22-9-6-13/h2-12H,1H3,(H,26,27)(H,23,24,25)/t12-/m0/s1. The molecule has 3 heterocycles. The maximum absolute atomic E-state index is 12.5. The van der Waals surface area contributed by atoms with Crippen molar-refractivity contribution in [1.29, 1.82) is 0 Å². The smallest absolute Gasteiger partial charge is 0.253 e. The van der Waals surface area contributed by atoms with Crippen LogP contribution in [0.4, 0.5) is 5.95 Å². The molecule has 1 aromatic carbocycles. The minimum atomic E-state index is -0.287. The van der Waals surface area contributed by atoms with E-state index in [4.69, 9.17) is 11.6 Å². The molecule has 0 saturated heterocycles. The SMILES string of the molecule is C[C@H](Nc1nccc(-c2ccncc2)n1)c1cc2cccc(Cl)c2[nH]c1=O. The van der Waals surface area contributed by atoms with Gasteiger partial charge in [-0.25, -0.2) is 9.97 Å². The predicted octanol–water partition coefficient (Wildman–Crippen LogP) is 4.21. The Balaban J connectivity index is 1.65. The summed E-state index contributed by atoms with van der Waals surface area (Å²) < 4.78 is 0. The molecule has 134 valence electrons. The summed E-state index contributed by atoms with van der Waals surface area (Å²) >= 11 is 6.16. The zero-order chi connectivity index (χ0) is 18.8. The minimum absolute atomic E-state index is 0.194. The summed E-state index contributed by atoms with van der Waals surface area (Å²) in [4.78, 5) is 28.2. The lowest BCUT2D eigenvalue weighted by molar-refractivity contribution is 0.845. The van der Waals surface area contributed by atoms with Gasteiger partial charge in [-0.15, -0.1) is 0 Å². The van der Waals surface area contributed by atoms with Gasteiger partial charge in [0.05, 0.1) is 22.3 Å². The van der Waals surface area contributed by atoms with Gasteiger partial charge in [0.15, 0.2) is 0 Å². The lowest BCUT2D eigenvalue weighted by Gasteiger charge is -2.15. The molecule has 2 N–H and O–H groups in total. The number of halogens is 1. The van der Waals surface area contributed by atoms with Crippen LogP contribution in [0.3, 0.4) is 0 Å². The number of aromatic amines is 1. The summed E-state index contributed by atoms with van der Waals surface area (Å²) in [5, 5.41) is 4.59. The summed E-state index contributed by atoms with van der Waals surface area (Å²) in [6, 6.07) is 12.7. The fraction of sp³-hybridized carbons (Fsp3) is 0.100.